The lowest BCUT2D eigenvalue weighted by Crippen LogP contribution is -2.24. The maximum absolute atomic E-state index is 5.32. The number of ether oxygens (including phenoxy) is 1. The fourth-order valence-corrected chi connectivity index (χ4v) is 3.05. The van der Waals surface area contributed by atoms with Crippen molar-refractivity contribution in [2.24, 2.45) is 0 Å². The zero-order valence-electron chi connectivity index (χ0n) is 12.7. The minimum atomic E-state index is 0.468. The second-order valence-electron chi connectivity index (χ2n) is 4.88. The van der Waals surface area contributed by atoms with Gasteiger partial charge in [0, 0.05) is 30.4 Å². The summed E-state index contributed by atoms with van der Waals surface area (Å²) < 4.78 is 5.32. The SMILES string of the molecule is CCOCCCNCC(C)Sc1ncnc2ccccc12. The second kappa shape index (κ2) is 8.97. The fraction of sp³-hybridized carbons (Fsp3) is 0.500. The van der Waals surface area contributed by atoms with Crippen molar-refractivity contribution in [3.63, 3.8) is 0 Å². The topological polar surface area (TPSA) is 47.0 Å². The number of para-hydroxylation sites is 1. The molecule has 0 aliphatic rings. The van der Waals surface area contributed by atoms with Crippen LogP contribution in [0.15, 0.2) is 35.6 Å². The molecule has 0 aliphatic heterocycles. The van der Waals surface area contributed by atoms with Crippen LogP contribution in [0.1, 0.15) is 20.3 Å². The maximum Gasteiger partial charge on any atom is 0.117 e. The van der Waals surface area contributed by atoms with E-state index in [4.69, 9.17) is 4.74 Å². The predicted molar refractivity (Wildman–Crippen MR) is 88.8 cm³/mol. The highest BCUT2D eigenvalue weighted by Crippen LogP contribution is 2.27. The van der Waals surface area contributed by atoms with Crippen molar-refractivity contribution in [2.45, 2.75) is 30.5 Å². The van der Waals surface area contributed by atoms with Crippen LogP contribution >= 0.6 is 11.8 Å². The molecule has 0 saturated carbocycles. The first kappa shape index (κ1) is 16.2. The number of thioether (sulfide) groups is 1. The van der Waals surface area contributed by atoms with Crippen molar-refractivity contribution in [1.82, 2.24) is 15.3 Å². The minimum Gasteiger partial charge on any atom is -0.382 e. The van der Waals surface area contributed by atoms with Gasteiger partial charge < -0.3 is 10.1 Å². The molecule has 2 rings (SSSR count). The molecule has 1 unspecified atom stereocenters. The molecule has 0 amide bonds. The highest BCUT2D eigenvalue weighted by Gasteiger charge is 2.08. The Hall–Kier alpha value is -1.17. The Kier molecular flexibility index (Phi) is 6.92. The first-order chi connectivity index (χ1) is 10.3. The molecule has 0 bridgehead atoms. The Morgan fingerprint density at radius 3 is 3.00 bits per heavy atom. The number of fused-ring (bicyclic) bond motifs is 1. The average Bonchev–Trinajstić information content (AvgIpc) is 2.51. The van der Waals surface area contributed by atoms with Crippen LogP contribution in [0.25, 0.3) is 10.9 Å². The minimum absolute atomic E-state index is 0.468. The molecule has 4 nitrogen and oxygen atoms in total. The smallest absolute Gasteiger partial charge is 0.117 e. The van der Waals surface area contributed by atoms with E-state index in [9.17, 15) is 0 Å². The zero-order valence-corrected chi connectivity index (χ0v) is 13.5. The highest BCUT2D eigenvalue weighted by molar-refractivity contribution is 8.00. The number of hydrogen-bond donors (Lipinski definition) is 1. The van der Waals surface area contributed by atoms with Crippen LogP contribution in [0.3, 0.4) is 0 Å². The molecule has 0 radical (unpaired) electrons. The quantitative estimate of drug-likeness (QED) is 0.438. The van der Waals surface area contributed by atoms with Crippen LogP contribution in [-0.2, 0) is 4.74 Å². The molecule has 1 aromatic heterocycles. The Morgan fingerprint density at radius 2 is 2.14 bits per heavy atom. The maximum atomic E-state index is 5.32. The summed E-state index contributed by atoms with van der Waals surface area (Å²) >= 11 is 1.80. The third-order valence-corrected chi connectivity index (χ3v) is 4.21. The fourth-order valence-electron chi connectivity index (χ4n) is 2.06. The lowest BCUT2D eigenvalue weighted by atomic mass is 10.2. The molecule has 0 aliphatic carbocycles. The zero-order chi connectivity index (χ0) is 14.9. The van der Waals surface area contributed by atoms with E-state index in [-0.39, 0.29) is 0 Å². The molecule has 114 valence electrons. The van der Waals surface area contributed by atoms with Gasteiger partial charge >= 0.3 is 0 Å². The molecule has 21 heavy (non-hydrogen) atoms. The van der Waals surface area contributed by atoms with Gasteiger partial charge in [-0.1, -0.05) is 25.1 Å². The van der Waals surface area contributed by atoms with Crippen molar-refractivity contribution < 1.29 is 4.74 Å². The standard InChI is InChI=1S/C16H23N3OS/c1-3-20-10-6-9-17-11-13(2)21-16-14-7-4-5-8-15(14)18-12-19-16/h4-5,7-8,12-13,17H,3,6,9-11H2,1-2H3. The van der Waals surface area contributed by atoms with Crippen LogP contribution in [0.4, 0.5) is 0 Å². The first-order valence-electron chi connectivity index (χ1n) is 7.46. The van der Waals surface area contributed by atoms with Gasteiger partial charge in [-0.05, 0) is 26.0 Å². The molecule has 0 spiro atoms. The van der Waals surface area contributed by atoms with E-state index in [2.05, 4.69) is 28.3 Å². The van der Waals surface area contributed by atoms with E-state index in [1.807, 2.05) is 25.1 Å². The number of nitrogens with zero attached hydrogens (tertiary/aromatic N) is 2. The van der Waals surface area contributed by atoms with Crippen molar-refractivity contribution in [3.8, 4) is 0 Å². The average molecular weight is 305 g/mol. The summed E-state index contributed by atoms with van der Waals surface area (Å²) in [5, 5.41) is 6.13. The van der Waals surface area contributed by atoms with Crippen LogP contribution in [0.5, 0.6) is 0 Å². The van der Waals surface area contributed by atoms with Gasteiger partial charge in [0.25, 0.3) is 0 Å². The Balaban J connectivity index is 1.80. The monoisotopic (exact) mass is 305 g/mol. The van der Waals surface area contributed by atoms with Gasteiger partial charge in [0.1, 0.15) is 11.4 Å². The summed E-state index contributed by atoms with van der Waals surface area (Å²) in [6, 6.07) is 8.15. The van der Waals surface area contributed by atoms with Gasteiger partial charge in [-0.2, -0.15) is 0 Å². The summed E-state index contributed by atoms with van der Waals surface area (Å²) in [4.78, 5) is 8.72. The summed E-state index contributed by atoms with van der Waals surface area (Å²) in [6.45, 7) is 7.84. The van der Waals surface area contributed by atoms with E-state index in [1.165, 1.54) is 0 Å². The van der Waals surface area contributed by atoms with E-state index in [1.54, 1.807) is 18.1 Å². The number of aromatic nitrogens is 2. The van der Waals surface area contributed by atoms with Gasteiger partial charge in [-0.3, -0.25) is 0 Å². The lowest BCUT2D eigenvalue weighted by molar-refractivity contribution is 0.145. The predicted octanol–water partition coefficient (Wildman–Crippen LogP) is 3.13. The Bertz CT molecular complexity index is 545. The molecular weight excluding hydrogens is 282 g/mol. The van der Waals surface area contributed by atoms with Crippen molar-refractivity contribution in [3.05, 3.63) is 30.6 Å². The van der Waals surface area contributed by atoms with Crippen LogP contribution < -0.4 is 5.32 Å². The Labute approximate surface area is 130 Å². The largest absolute Gasteiger partial charge is 0.382 e. The number of nitrogens with one attached hydrogen (secondary N) is 1. The van der Waals surface area contributed by atoms with Crippen molar-refractivity contribution in [1.29, 1.82) is 0 Å². The van der Waals surface area contributed by atoms with Crippen molar-refractivity contribution >= 4 is 22.7 Å². The number of rotatable bonds is 9. The molecule has 2 aromatic rings. The van der Waals surface area contributed by atoms with Crippen molar-refractivity contribution in [2.75, 3.05) is 26.3 Å². The van der Waals surface area contributed by atoms with Crippen LogP contribution in [0, 0.1) is 0 Å². The third kappa shape index (κ3) is 5.26. The van der Waals surface area contributed by atoms with Gasteiger partial charge in [0.2, 0.25) is 0 Å². The summed E-state index contributed by atoms with van der Waals surface area (Å²) in [6.07, 6.45) is 2.70. The van der Waals surface area contributed by atoms with Gasteiger partial charge in [0.05, 0.1) is 5.52 Å². The van der Waals surface area contributed by atoms with Gasteiger partial charge in [-0.25, -0.2) is 9.97 Å². The summed E-state index contributed by atoms with van der Waals surface area (Å²) in [5.74, 6) is 0. The van der Waals surface area contributed by atoms with E-state index in [0.717, 1.165) is 48.7 Å². The lowest BCUT2D eigenvalue weighted by Gasteiger charge is -2.13. The molecule has 0 fully saturated rings. The van der Waals surface area contributed by atoms with Gasteiger partial charge in [0.15, 0.2) is 0 Å². The number of benzene rings is 1. The molecule has 1 N–H and O–H groups in total. The summed E-state index contributed by atoms with van der Waals surface area (Å²) in [5.41, 5.74) is 1.01. The molecular formula is C16H23N3OS. The van der Waals surface area contributed by atoms with Crippen LogP contribution in [-0.4, -0.2) is 41.5 Å². The second-order valence-corrected chi connectivity index (χ2v) is 6.31. The Morgan fingerprint density at radius 1 is 1.29 bits per heavy atom. The molecule has 1 atom stereocenters. The third-order valence-electron chi connectivity index (χ3n) is 3.10. The summed E-state index contributed by atoms with van der Waals surface area (Å²) in [7, 11) is 0. The first-order valence-corrected chi connectivity index (χ1v) is 8.34. The normalized spacial score (nSPS) is 12.7. The van der Waals surface area contributed by atoms with E-state index < -0.39 is 0 Å². The van der Waals surface area contributed by atoms with E-state index in [0.29, 0.717) is 5.25 Å². The van der Waals surface area contributed by atoms with Gasteiger partial charge in [-0.15, -0.1) is 11.8 Å². The van der Waals surface area contributed by atoms with Crippen LogP contribution in [0.2, 0.25) is 0 Å². The highest BCUT2D eigenvalue weighted by atomic mass is 32.2. The number of hydrogen-bond acceptors (Lipinski definition) is 5. The molecule has 5 heteroatoms. The molecule has 1 heterocycles. The molecule has 1 aromatic carbocycles. The molecule has 0 saturated heterocycles. The van der Waals surface area contributed by atoms with E-state index >= 15 is 0 Å².